The number of carbonyl (C=O) groups excluding carboxylic acids is 2. The van der Waals surface area contributed by atoms with Gasteiger partial charge in [0.05, 0.1) is 0 Å². The van der Waals surface area contributed by atoms with Crippen molar-refractivity contribution >= 4 is 64.8 Å². The van der Waals surface area contributed by atoms with Crippen molar-refractivity contribution in [3.05, 3.63) is 54.6 Å². The topological polar surface area (TPSA) is 58.6 Å². The smallest absolute Gasteiger partial charge is 0.324 e. The molecule has 0 fully saturated rings. The number of hydrogen-bond donors (Lipinski definition) is 1. The second-order valence-electron chi connectivity index (χ2n) is 5.11. The van der Waals surface area contributed by atoms with E-state index < -0.39 is 16.1 Å². The Bertz CT molecular complexity index is 739. The Labute approximate surface area is 170 Å². The average molecular weight is 434 g/mol. The second kappa shape index (κ2) is 9.37. The maximum atomic E-state index is 12.3. The number of amides is 2. The average Bonchev–Trinajstić information content (AvgIpc) is 2.60. The molecule has 2 amide bonds. The highest BCUT2D eigenvalue weighted by molar-refractivity contribution is 7.99. The van der Waals surface area contributed by atoms with Gasteiger partial charge in [-0.05, 0) is 36.4 Å². The summed E-state index contributed by atoms with van der Waals surface area (Å²) in [6.07, 6.45) is -1.36. The summed E-state index contributed by atoms with van der Waals surface area (Å²) in [5.41, 5.74) is 0.549. The molecule has 0 aliphatic heterocycles. The summed E-state index contributed by atoms with van der Waals surface area (Å²) in [5.74, 6) is 0. The molecule has 0 saturated carbocycles. The Morgan fingerprint density at radius 3 is 2.23 bits per heavy atom. The molecule has 0 radical (unpaired) electrons. The van der Waals surface area contributed by atoms with Gasteiger partial charge in [-0.25, -0.2) is 4.79 Å². The van der Waals surface area contributed by atoms with Gasteiger partial charge in [-0.15, -0.1) is 0 Å². The molecule has 138 valence electrons. The SMILES string of the molecule is CN(C(=O)Nc1ccc(Sc2ccccc2)cc1)C(OC=O)C(Cl)(Cl)Cl. The third-order valence-corrected chi connectivity index (χ3v) is 4.80. The molecule has 1 unspecified atom stereocenters. The van der Waals surface area contributed by atoms with Crippen LogP contribution in [0.4, 0.5) is 10.5 Å². The molecule has 2 aromatic rings. The zero-order valence-electron chi connectivity index (χ0n) is 13.6. The van der Waals surface area contributed by atoms with Crippen LogP contribution in [0.1, 0.15) is 0 Å². The third kappa shape index (κ3) is 5.99. The summed E-state index contributed by atoms with van der Waals surface area (Å²) < 4.78 is 2.71. The molecule has 0 aliphatic rings. The number of halogens is 3. The van der Waals surface area contributed by atoms with Crippen molar-refractivity contribution in [2.24, 2.45) is 0 Å². The van der Waals surface area contributed by atoms with Gasteiger partial charge in [0.25, 0.3) is 6.47 Å². The largest absolute Gasteiger partial charge is 0.439 e. The lowest BCUT2D eigenvalue weighted by atomic mass is 10.3. The lowest BCUT2D eigenvalue weighted by Gasteiger charge is -2.31. The second-order valence-corrected chi connectivity index (χ2v) is 8.62. The van der Waals surface area contributed by atoms with E-state index in [2.05, 4.69) is 5.32 Å². The van der Waals surface area contributed by atoms with Crippen molar-refractivity contribution in [1.29, 1.82) is 0 Å². The molecular weight excluding hydrogens is 419 g/mol. The number of alkyl halides is 3. The van der Waals surface area contributed by atoms with Gasteiger partial charge in [-0.1, -0.05) is 64.8 Å². The van der Waals surface area contributed by atoms with Crippen LogP contribution in [0.5, 0.6) is 0 Å². The fourth-order valence-corrected chi connectivity index (χ4v) is 3.42. The number of nitrogens with one attached hydrogen (secondary N) is 1. The molecule has 26 heavy (non-hydrogen) atoms. The molecule has 1 N–H and O–H groups in total. The Hall–Kier alpha value is -1.60. The van der Waals surface area contributed by atoms with E-state index in [4.69, 9.17) is 39.5 Å². The number of hydrogen-bond acceptors (Lipinski definition) is 4. The zero-order valence-corrected chi connectivity index (χ0v) is 16.6. The molecule has 0 aliphatic carbocycles. The van der Waals surface area contributed by atoms with Crippen LogP contribution >= 0.6 is 46.6 Å². The van der Waals surface area contributed by atoms with E-state index in [0.717, 1.165) is 14.7 Å². The van der Waals surface area contributed by atoms with Gasteiger partial charge in [0.1, 0.15) is 0 Å². The van der Waals surface area contributed by atoms with E-state index in [1.807, 2.05) is 42.5 Å². The molecule has 2 aromatic carbocycles. The van der Waals surface area contributed by atoms with Gasteiger partial charge in [-0.2, -0.15) is 0 Å². The number of ether oxygens (including phenoxy) is 1. The van der Waals surface area contributed by atoms with E-state index in [9.17, 15) is 9.59 Å². The molecule has 5 nitrogen and oxygen atoms in total. The third-order valence-electron chi connectivity index (χ3n) is 3.22. The fraction of sp³-hybridized carbons (Fsp3) is 0.176. The molecule has 9 heteroatoms. The minimum Gasteiger partial charge on any atom is -0.439 e. The first-order valence-corrected chi connectivity index (χ1v) is 9.29. The normalized spacial score (nSPS) is 12.2. The van der Waals surface area contributed by atoms with E-state index >= 15 is 0 Å². The van der Waals surface area contributed by atoms with Gasteiger partial charge in [0.2, 0.25) is 10.0 Å². The van der Waals surface area contributed by atoms with Crippen molar-refractivity contribution < 1.29 is 14.3 Å². The summed E-state index contributed by atoms with van der Waals surface area (Å²) in [7, 11) is 1.35. The summed E-state index contributed by atoms with van der Waals surface area (Å²) >= 11 is 18.8. The number of anilines is 1. The Morgan fingerprint density at radius 2 is 1.69 bits per heavy atom. The molecule has 0 saturated heterocycles. The summed E-state index contributed by atoms with van der Waals surface area (Å²) in [6.45, 7) is 0.117. The van der Waals surface area contributed by atoms with Crippen LogP contribution in [0.25, 0.3) is 0 Å². The maximum Gasteiger partial charge on any atom is 0.324 e. The lowest BCUT2D eigenvalue weighted by molar-refractivity contribution is -0.139. The summed E-state index contributed by atoms with van der Waals surface area (Å²) in [6, 6.07) is 16.6. The van der Waals surface area contributed by atoms with E-state index in [0.29, 0.717) is 5.69 Å². The highest BCUT2D eigenvalue weighted by Crippen LogP contribution is 2.34. The zero-order chi connectivity index (χ0) is 19.2. The van der Waals surface area contributed by atoms with E-state index in [1.165, 1.54) is 7.05 Å². The van der Waals surface area contributed by atoms with Crippen molar-refractivity contribution in [2.45, 2.75) is 19.8 Å². The monoisotopic (exact) mass is 432 g/mol. The minimum atomic E-state index is -1.98. The van der Waals surface area contributed by atoms with Crippen molar-refractivity contribution in [1.82, 2.24) is 4.90 Å². The molecular formula is C17H15Cl3N2O3S. The van der Waals surface area contributed by atoms with Crippen molar-refractivity contribution in [3.8, 4) is 0 Å². The molecule has 2 rings (SSSR count). The minimum absolute atomic E-state index is 0.117. The molecule has 0 bridgehead atoms. The van der Waals surface area contributed by atoms with Gasteiger partial charge in [0, 0.05) is 22.5 Å². The Kier molecular flexibility index (Phi) is 7.46. The number of rotatable bonds is 6. The summed E-state index contributed by atoms with van der Waals surface area (Å²) in [5, 5.41) is 2.65. The van der Waals surface area contributed by atoms with Crippen molar-refractivity contribution in [2.75, 3.05) is 12.4 Å². The summed E-state index contributed by atoms with van der Waals surface area (Å²) in [4.78, 5) is 26.0. The van der Waals surface area contributed by atoms with Crippen LogP contribution in [0.15, 0.2) is 64.4 Å². The van der Waals surface area contributed by atoms with Crippen LogP contribution in [0.2, 0.25) is 0 Å². The van der Waals surface area contributed by atoms with Crippen LogP contribution in [0, 0.1) is 0 Å². The highest BCUT2D eigenvalue weighted by Gasteiger charge is 2.40. The molecule has 0 spiro atoms. The van der Waals surface area contributed by atoms with Crippen LogP contribution < -0.4 is 5.32 Å². The van der Waals surface area contributed by atoms with Gasteiger partial charge in [-0.3, -0.25) is 9.69 Å². The van der Waals surface area contributed by atoms with Crippen LogP contribution in [0.3, 0.4) is 0 Å². The quantitative estimate of drug-likeness (QED) is 0.388. The van der Waals surface area contributed by atoms with Crippen LogP contribution in [-0.2, 0) is 9.53 Å². The van der Waals surface area contributed by atoms with Gasteiger partial charge in [0.15, 0.2) is 0 Å². The predicted molar refractivity (Wildman–Crippen MR) is 105 cm³/mol. The van der Waals surface area contributed by atoms with Gasteiger partial charge < -0.3 is 10.1 Å². The maximum absolute atomic E-state index is 12.3. The first-order chi connectivity index (χ1) is 12.3. The number of carbonyl (C=O) groups is 2. The highest BCUT2D eigenvalue weighted by atomic mass is 35.6. The predicted octanol–water partition coefficient (Wildman–Crippen LogP) is 5.17. The molecule has 0 heterocycles. The molecule has 1 atom stereocenters. The molecule has 0 aromatic heterocycles. The Balaban J connectivity index is 2.01. The first kappa shape index (κ1) is 20.7. The number of urea groups is 1. The number of benzene rings is 2. The fourth-order valence-electron chi connectivity index (χ4n) is 1.99. The van der Waals surface area contributed by atoms with Gasteiger partial charge >= 0.3 is 6.03 Å². The van der Waals surface area contributed by atoms with Crippen LogP contribution in [-0.4, -0.2) is 34.5 Å². The standard InChI is InChI=1S/C17H15Cl3N2O3S/c1-22(15(25-11-23)17(18,19)20)16(24)21-12-7-9-14(10-8-12)26-13-5-3-2-4-6-13/h2-11,15H,1H3,(H,21,24). The van der Waals surface area contributed by atoms with Crippen molar-refractivity contribution in [3.63, 3.8) is 0 Å². The Morgan fingerprint density at radius 1 is 1.12 bits per heavy atom. The number of nitrogens with zero attached hydrogens (tertiary/aromatic N) is 1. The van der Waals surface area contributed by atoms with E-state index in [-0.39, 0.29) is 6.47 Å². The van der Waals surface area contributed by atoms with E-state index in [1.54, 1.807) is 23.9 Å². The lowest BCUT2D eigenvalue weighted by Crippen LogP contribution is -2.48. The first-order valence-electron chi connectivity index (χ1n) is 7.34.